The number of sulfonamides is 1. The van der Waals surface area contributed by atoms with E-state index < -0.39 is 15.9 Å². The predicted molar refractivity (Wildman–Crippen MR) is 126 cm³/mol. The van der Waals surface area contributed by atoms with Crippen molar-refractivity contribution in [2.75, 3.05) is 23.8 Å². The number of fused-ring (bicyclic) bond motifs is 1. The first-order chi connectivity index (χ1) is 15.7. The van der Waals surface area contributed by atoms with Crippen molar-refractivity contribution in [1.29, 1.82) is 0 Å². The highest BCUT2D eigenvalue weighted by molar-refractivity contribution is 7.92. The molecule has 3 aromatic carbocycles. The molecular weight excluding hydrogens is 466 g/mol. The topological polar surface area (TPSA) is 105 Å². The summed E-state index contributed by atoms with van der Waals surface area (Å²) in [5.41, 5.74) is 2.14. The fraction of sp³-hybridized carbons (Fsp3) is 0.130. The number of carbonyl (C=O) groups is 2. The molecule has 1 heterocycles. The fourth-order valence-corrected chi connectivity index (χ4v) is 4.84. The summed E-state index contributed by atoms with van der Waals surface area (Å²) in [7, 11) is -1.03. The van der Waals surface area contributed by atoms with Gasteiger partial charge in [0.15, 0.2) is 0 Å². The molecule has 8 nitrogen and oxygen atoms in total. The van der Waals surface area contributed by atoms with Gasteiger partial charge in [0, 0.05) is 24.8 Å². The molecule has 0 atom stereocenters. The van der Waals surface area contributed by atoms with E-state index in [0.29, 0.717) is 29.2 Å². The lowest BCUT2D eigenvalue weighted by Crippen LogP contribution is -2.27. The molecule has 0 aliphatic carbocycles. The second-order valence-electron chi connectivity index (χ2n) is 7.32. The molecule has 170 valence electrons. The van der Waals surface area contributed by atoms with Crippen LogP contribution in [-0.2, 0) is 16.6 Å². The molecule has 4 rings (SSSR count). The lowest BCUT2D eigenvalue weighted by Gasteiger charge is -2.20. The molecule has 0 aromatic heterocycles. The van der Waals surface area contributed by atoms with Crippen LogP contribution in [0.2, 0.25) is 5.02 Å². The average molecular weight is 486 g/mol. The molecule has 3 aromatic rings. The van der Waals surface area contributed by atoms with Crippen molar-refractivity contribution in [2.24, 2.45) is 0 Å². The van der Waals surface area contributed by atoms with Gasteiger partial charge in [0.1, 0.15) is 5.75 Å². The minimum absolute atomic E-state index is 0.00850. The van der Waals surface area contributed by atoms with Crippen LogP contribution < -0.4 is 19.7 Å². The molecule has 0 bridgehead atoms. The van der Waals surface area contributed by atoms with Crippen LogP contribution in [0.5, 0.6) is 5.75 Å². The van der Waals surface area contributed by atoms with Crippen LogP contribution in [-0.4, -0.2) is 34.4 Å². The molecule has 0 radical (unpaired) electrons. The number of methoxy groups -OCH3 is 1. The summed E-state index contributed by atoms with van der Waals surface area (Å²) in [6.45, 7) is 0.440. The van der Waals surface area contributed by atoms with E-state index >= 15 is 0 Å². The zero-order valence-corrected chi connectivity index (χ0v) is 19.3. The van der Waals surface area contributed by atoms with Gasteiger partial charge in [-0.25, -0.2) is 8.42 Å². The van der Waals surface area contributed by atoms with E-state index in [1.54, 1.807) is 42.5 Å². The number of nitrogens with one attached hydrogen (secondary N) is 2. The Morgan fingerprint density at radius 1 is 1.09 bits per heavy atom. The summed E-state index contributed by atoms with van der Waals surface area (Å²) >= 11 is 6.21. The Bertz CT molecular complexity index is 1360. The van der Waals surface area contributed by atoms with E-state index in [2.05, 4.69) is 10.6 Å². The molecule has 0 saturated carbocycles. The lowest BCUT2D eigenvalue weighted by molar-refractivity contribution is 0.0964. The Hall–Kier alpha value is -3.56. The van der Waals surface area contributed by atoms with E-state index in [1.807, 2.05) is 0 Å². The summed E-state index contributed by atoms with van der Waals surface area (Å²) in [5, 5.41) is 5.48. The van der Waals surface area contributed by atoms with Crippen molar-refractivity contribution in [2.45, 2.75) is 11.4 Å². The maximum Gasteiger partial charge on any atom is 0.264 e. The van der Waals surface area contributed by atoms with Crippen molar-refractivity contribution >= 4 is 44.8 Å². The highest BCUT2D eigenvalue weighted by Crippen LogP contribution is 2.28. The average Bonchev–Trinajstić information content (AvgIpc) is 3.18. The highest BCUT2D eigenvalue weighted by Gasteiger charge is 2.24. The third-order valence-corrected chi connectivity index (χ3v) is 7.44. The maximum atomic E-state index is 13.2. The first-order valence-corrected chi connectivity index (χ1v) is 11.7. The van der Waals surface area contributed by atoms with Crippen molar-refractivity contribution in [1.82, 2.24) is 5.32 Å². The molecule has 0 fully saturated rings. The molecule has 0 unspecified atom stereocenters. The van der Waals surface area contributed by atoms with Crippen LogP contribution in [0.3, 0.4) is 0 Å². The molecule has 10 heteroatoms. The quantitative estimate of drug-likeness (QED) is 0.554. The standard InChI is InChI=1S/C23H20ClN3O5S/c1-27(16-5-7-17(32-2)8-6-16)33(30,31)18-9-10-21(24)20(12-18)23(29)26-15-4-3-14-13-25-22(28)19(14)11-15/h3-12H,13H2,1-2H3,(H,25,28)(H,26,29). The Kier molecular flexibility index (Phi) is 6.01. The van der Waals surface area contributed by atoms with Gasteiger partial charge in [-0.1, -0.05) is 17.7 Å². The minimum atomic E-state index is -3.97. The Morgan fingerprint density at radius 3 is 2.52 bits per heavy atom. The number of hydrogen-bond acceptors (Lipinski definition) is 5. The van der Waals surface area contributed by atoms with Gasteiger partial charge in [-0.2, -0.15) is 0 Å². The van der Waals surface area contributed by atoms with Crippen molar-refractivity contribution in [3.8, 4) is 5.75 Å². The van der Waals surface area contributed by atoms with Crippen molar-refractivity contribution in [3.63, 3.8) is 0 Å². The van der Waals surface area contributed by atoms with Gasteiger partial charge < -0.3 is 15.4 Å². The predicted octanol–water partition coefficient (Wildman–Crippen LogP) is 3.67. The summed E-state index contributed by atoms with van der Waals surface area (Å²) in [6, 6.07) is 15.5. The van der Waals surface area contributed by atoms with Gasteiger partial charge >= 0.3 is 0 Å². The van der Waals surface area contributed by atoms with Crippen LogP contribution in [0, 0.1) is 0 Å². The zero-order chi connectivity index (χ0) is 23.8. The van der Waals surface area contributed by atoms with Gasteiger partial charge in [-0.15, -0.1) is 0 Å². The Labute approximate surface area is 196 Å². The number of benzene rings is 3. The monoisotopic (exact) mass is 485 g/mol. The number of anilines is 2. The molecular formula is C23H20ClN3O5S. The largest absolute Gasteiger partial charge is 0.497 e. The summed E-state index contributed by atoms with van der Waals surface area (Å²) in [4.78, 5) is 24.7. The summed E-state index contributed by atoms with van der Waals surface area (Å²) < 4.78 is 32.6. The van der Waals surface area contributed by atoms with Gasteiger partial charge in [0.25, 0.3) is 21.8 Å². The molecule has 0 saturated heterocycles. The molecule has 1 aliphatic rings. The van der Waals surface area contributed by atoms with Gasteiger partial charge in [0.2, 0.25) is 0 Å². The molecule has 0 spiro atoms. The fourth-order valence-electron chi connectivity index (χ4n) is 3.42. The molecule has 1 aliphatic heterocycles. The number of nitrogens with zero attached hydrogens (tertiary/aromatic N) is 1. The maximum absolute atomic E-state index is 13.2. The summed E-state index contributed by atoms with van der Waals surface area (Å²) in [6.07, 6.45) is 0. The van der Waals surface area contributed by atoms with Crippen molar-refractivity contribution < 1.29 is 22.7 Å². The number of hydrogen-bond donors (Lipinski definition) is 2. The molecule has 2 N–H and O–H groups in total. The number of carbonyl (C=O) groups excluding carboxylic acids is 2. The number of ether oxygens (including phenoxy) is 1. The number of amides is 2. The first-order valence-electron chi connectivity index (χ1n) is 9.85. The van der Waals surface area contributed by atoms with Crippen LogP contribution in [0.25, 0.3) is 0 Å². The summed E-state index contributed by atoms with van der Waals surface area (Å²) in [5.74, 6) is -0.213. The van der Waals surface area contributed by atoms with Crippen molar-refractivity contribution in [3.05, 3.63) is 82.4 Å². The van der Waals surface area contributed by atoms with Gasteiger partial charge in [-0.3, -0.25) is 13.9 Å². The number of rotatable bonds is 6. The van der Waals surface area contributed by atoms with E-state index in [0.717, 1.165) is 9.87 Å². The van der Waals surface area contributed by atoms with Crippen LogP contribution in [0.1, 0.15) is 26.3 Å². The third-order valence-electron chi connectivity index (χ3n) is 5.33. The zero-order valence-electron chi connectivity index (χ0n) is 17.8. The van der Waals surface area contributed by atoms with E-state index in [9.17, 15) is 18.0 Å². The second-order valence-corrected chi connectivity index (χ2v) is 9.70. The first kappa shape index (κ1) is 22.6. The van der Waals surface area contributed by atoms with E-state index in [4.69, 9.17) is 16.3 Å². The van der Waals surface area contributed by atoms with Crippen LogP contribution >= 0.6 is 11.6 Å². The van der Waals surface area contributed by atoms with Gasteiger partial charge in [-0.05, 0) is 60.2 Å². The normalized spacial score (nSPS) is 12.6. The minimum Gasteiger partial charge on any atom is -0.497 e. The van der Waals surface area contributed by atoms with E-state index in [1.165, 1.54) is 32.4 Å². The Morgan fingerprint density at radius 2 is 1.82 bits per heavy atom. The lowest BCUT2D eigenvalue weighted by atomic mass is 10.1. The van der Waals surface area contributed by atoms with Crippen LogP contribution in [0.4, 0.5) is 11.4 Å². The van der Waals surface area contributed by atoms with Crippen LogP contribution in [0.15, 0.2) is 65.6 Å². The second kappa shape index (κ2) is 8.76. The number of halogens is 1. The third kappa shape index (κ3) is 4.37. The smallest absolute Gasteiger partial charge is 0.264 e. The van der Waals surface area contributed by atoms with Gasteiger partial charge in [0.05, 0.1) is 28.3 Å². The van der Waals surface area contributed by atoms with E-state index in [-0.39, 0.29) is 21.4 Å². The Balaban J connectivity index is 1.61. The highest BCUT2D eigenvalue weighted by atomic mass is 35.5. The molecule has 33 heavy (non-hydrogen) atoms. The molecule has 2 amide bonds. The SMILES string of the molecule is COc1ccc(N(C)S(=O)(=O)c2ccc(Cl)c(C(=O)Nc3ccc4c(c3)C(=O)NC4)c2)cc1.